The van der Waals surface area contributed by atoms with E-state index in [-0.39, 0.29) is 5.82 Å². The highest BCUT2D eigenvalue weighted by molar-refractivity contribution is 7.99. The topological polar surface area (TPSA) is 39.2 Å². The molecule has 24 heavy (non-hydrogen) atoms. The molecule has 0 bridgehead atoms. The summed E-state index contributed by atoms with van der Waals surface area (Å²) >= 11 is 2.87. The Kier molecular flexibility index (Phi) is 3.86. The summed E-state index contributed by atoms with van der Waals surface area (Å²) in [6.07, 6.45) is 0. The van der Waals surface area contributed by atoms with E-state index in [1.165, 1.54) is 23.5 Å². The van der Waals surface area contributed by atoms with Gasteiger partial charge >= 0.3 is 5.97 Å². The van der Waals surface area contributed by atoms with Gasteiger partial charge in [0.05, 0.1) is 17.2 Å². The molecule has 120 valence electrons. The number of nitrogens with zero attached hydrogens (tertiary/aromatic N) is 1. The third kappa shape index (κ3) is 2.52. The highest BCUT2D eigenvalue weighted by Crippen LogP contribution is 2.49. The average molecular weight is 357 g/mol. The molecule has 0 amide bonds. The number of rotatable bonds is 2. The standard InChI is InChI=1S/C18H12FNO2S2/c1-2-22-18(21)17-20-15-12-9-10(19)7-8-14(12)23-13-6-4-3-5-11(13)16(15)24-17/h3-9H,2H2,1H3. The van der Waals surface area contributed by atoms with E-state index in [0.29, 0.717) is 22.9 Å². The quantitative estimate of drug-likeness (QED) is 0.459. The zero-order valence-electron chi connectivity index (χ0n) is 12.7. The summed E-state index contributed by atoms with van der Waals surface area (Å²) in [5.74, 6) is -0.768. The number of ether oxygens (including phenoxy) is 1. The molecular weight excluding hydrogens is 345 g/mol. The van der Waals surface area contributed by atoms with Gasteiger partial charge in [-0.1, -0.05) is 30.0 Å². The smallest absolute Gasteiger partial charge is 0.367 e. The maximum absolute atomic E-state index is 13.8. The zero-order chi connectivity index (χ0) is 16.7. The highest BCUT2D eigenvalue weighted by atomic mass is 32.2. The third-order valence-corrected chi connectivity index (χ3v) is 5.85. The summed E-state index contributed by atoms with van der Waals surface area (Å²) in [6.45, 7) is 2.05. The molecule has 6 heteroatoms. The van der Waals surface area contributed by atoms with E-state index in [2.05, 4.69) is 4.98 Å². The van der Waals surface area contributed by atoms with Crippen molar-refractivity contribution in [3.05, 3.63) is 53.3 Å². The summed E-state index contributed by atoms with van der Waals surface area (Å²) in [5.41, 5.74) is 2.34. The third-order valence-electron chi connectivity index (χ3n) is 3.63. The Hall–Kier alpha value is -2.18. The first-order valence-corrected chi connectivity index (χ1v) is 9.06. The maximum Gasteiger partial charge on any atom is 0.367 e. The average Bonchev–Trinajstić information content (AvgIpc) is 2.97. The summed E-state index contributed by atoms with van der Waals surface area (Å²) in [4.78, 5) is 19.4. The number of fused-ring (bicyclic) bond motifs is 5. The maximum atomic E-state index is 13.8. The van der Waals surface area contributed by atoms with Gasteiger partial charge < -0.3 is 4.74 Å². The van der Waals surface area contributed by atoms with Crippen molar-refractivity contribution in [3.63, 3.8) is 0 Å². The van der Waals surface area contributed by atoms with Crippen molar-refractivity contribution in [1.29, 1.82) is 0 Å². The van der Waals surface area contributed by atoms with Crippen LogP contribution in [0.15, 0.2) is 52.3 Å². The first-order chi connectivity index (χ1) is 11.7. The lowest BCUT2D eigenvalue weighted by Crippen LogP contribution is -2.03. The number of hydrogen-bond donors (Lipinski definition) is 0. The lowest BCUT2D eigenvalue weighted by atomic mass is 10.1. The largest absolute Gasteiger partial charge is 0.461 e. The minimum absolute atomic E-state index is 0.291. The Morgan fingerprint density at radius 1 is 1.17 bits per heavy atom. The van der Waals surface area contributed by atoms with E-state index in [1.807, 2.05) is 24.3 Å². The van der Waals surface area contributed by atoms with Gasteiger partial charge in [-0.15, -0.1) is 11.3 Å². The lowest BCUT2D eigenvalue weighted by molar-refractivity contribution is 0.0526. The van der Waals surface area contributed by atoms with Crippen molar-refractivity contribution in [3.8, 4) is 21.7 Å². The van der Waals surface area contributed by atoms with Gasteiger partial charge in [-0.25, -0.2) is 14.2 Å². The molecule has 2 aromatic carbocycles. The predicted molar refractivity (Wildman–Crippen MR) is 93.0 cm³/mol. The molecule has 0 unspecified atom stereocenters. The van der Waals surface area contributed by atoms with Gasteiger partial charge in [0.1, 0.15) is 5.82 Å². The second-order valence-corrected chi connectivity index (χ2v) is 7.24. The summed E-state index contributed by atoms with van der Waals surface area (Å²) in [5, 5.41) is 0.291. The number of thiazole rings is 1. The van der Waals surface area contributed by atoms with E-state index >= 15 is 0 Å². The molecule has 0 atom stereocenters. The minimum atomic E-state index is -0.446. The Morgan fingerprint density at radius 3 is 2.79 bits per heavy atom. The van der Waals surface area contributed by atoms with Crippen LogP contribution >= 0.6 is 23.1 Å². The van der Waals surface area contributed by atoms with Crippen molar-refractivity contribution in [2.24, 2.45) is 0 Å². The first kappa shape index (κ1) is 15.4. The fraction of sp³-hybridized carbons (Fsp3) is 0.111. The number of carbonyl (C=O) groups is 1. The van der Waals surface area contributed by atoms with E-state index in [0.717, 1.165) is 20.2 Å². The lowest BCUT2D eigenvalue weighted by Gasteiger charge is -2.05. The van der Waals surface area contributed by atoms with Crippen LogP contribution < -0.4 is 0 Å². The van der Waals surface area contributed by atoms with Crippen LogP contribution in [0.2, 0.25) is 0 Å². The van der Waals surface area contributed by atoms with Crippen molar-refractivity contribution in [2.45, 2.75) is 16.7 Å². The molecule has 0 aliphatic carbocycles. The Morgan fingerprint density at radius 2 is 1.96 bits per heavy atom. The van der Waals surface area contributed by atoms with E-state index in [4.69, 9.17) is 4.74 Å². The van der Waals surface area contributed by atoms with E-state index in [9.17, 15) is 9.18 Å². The predicted octanol–water partition coefficient (Wildman–Crippen LogP) is 5.26. The number of hydrogen-bond acceptors (Lipinski definition) is 5. The fourth-order valence-electron chi connectivity index (χ4n) is 2.60. The second-order valence-electron chi connectivity index (χ2n) is 5.16. The SMILES string of the molecule is CCOC(=O)c1nc2c(s1)-c1ccccc1Sc1ccc(F)cc1-2. The molecule has 1 aliphatic rings. The van der Waals surface area contributed by atoms with E-state index < -0.39 is 5.97 Å². The van der Waals surface area contributed by atoms with Gasteiger partial charge in [-0.05, 0) is 31.2 Å². The number of benzene rings is 2. The van der Waals surface area contributed by atoms with E-state index in [1.54, 1.807) is 24.8 Å². The van der Waals surface area contributed by atoms with Crippen molar-refractivity contribution in [1.82, 2.24) is 4.98 Å². The Labute approximate surface area is 146 Å². The van der Waals surface area contributed by atoms with Crippen LogP contribution in [0, 0.1) is 5.82 Å². The van der Waals surface area contributed by atoms with Crippen LogP contribution in [-0.4, -0.2) is 17.6 Å². The van der Waals surface area contributed by atoms with Crippen LogP contribution in [0.5, 0.6) is 0 Å². The van der Waals surface area contributed by atoms with Gasteiger partial charge in [0.15, 0.2) is 0 Å². The molecule has 3 aromatic rings. The molecule has 3 nitrogen and oxygen atoms in total. The van der Waals surface area contributed by atoms with Gasteiger partial charge in [-0.2, -0.15) is 0 Å². The number of aromatic nitrogens is 1. The molecule has 0 fully saturated rings. The second kappa shape index (κ2) is 6.03. The molecule has 0 N–H and O–H groups in total. The zero-order valence-corrected chi connectivity index (χ0v) is 14.3. The van der Waals surface area contributed by atoms with Gasteiger partial charge in [-0.3, -0.25) is 0 Å². The number of halogens is 1. The minimum Gasteiger partial charge on any atom is -0.461 e. The van der Waals surface area contributed by atoms with Crippen LogP contribution in [0.4, 0.5) is 4.39 Å². The summed E-state index contributed by atoms with van der Waals surface area (Å²) < 4.78 is 18.9. The first-order valence-electron chi connectivity index (χ1n) is 7.42. The van der Waals surface area contributed by atoms with Crippen molar-refractivity contribution >= 4 is 29.1 Å². The molecule has 0 saturated heterocycles. The molecule has 0 saturated carbocycles. The molecule has 0 radical (unpaired) electrons. The number of esters is 1. The normalized spacial score (nSPS) is 11.9. The van der Waals surface area contributed by atoms with Gasteiger partial charge in [0.2, 0.25) is 5.01 Å². The molecule has 0 spiro atoms. The Balaban J connectivity index is 1.99. The molecule has 1 aromatic heterocycles. The molecule has 4 rings (SSSR count). The van der Waals surface area contributed by atoms with Gasteiger partial charge in [0.25, 0.3) is 0 Å². The Bertz CT molecular complexity index is 952. The highest BCUT2D eigenvalue weighted by Gasteiger charge is 2.26. The summed E-state index contributed by atoms with van der Waals surface area (Å²) in [7, 11) is 0. The van der Waals surface area contributed by atoms with Gasteiger partial charge in [0, 0.05) is 20.9 Å². The molecule has 2 heterocycles. The van der Waals surface area contributed by atoms with Crippen LogP contribution in [0.25, 0.3) is 21.7 Å². The molecule has 1 aliphatic heterocycles. The van der Waals surface area contributed by atoms with Crippen LogP contribution in [0.1, 0.15) is 16.7 Å². The van der Waals surface area contributed by atoms with Crippen molar-refractivity contribution < 1.29 is 13.9 Å². The van der Waals surface area contributed by atoms with Crippen molar-refractivity contribution in [2.75, 3.05) is 6.61 Å². The summed E-state index contributed by atoms with van der Waals surface area (Å²) in [6, 6.07) is 12.6. The fourth-order valence-corrected chi connectivity index (χ4v) is 4.75. The molecular formula is C18H12FNO2S2. The number of carbonyl (C=O) groups excluding carboxylic acids is 1. The van der Waals surface area contributed by atoms with Crippen LogP contribution in [-0.2, 0) is 4.74 Å². The monoisotopic (exact) mass is 357 g/mol. The van der Waals surface area contributed by atoms with Crippen LogP contribution in [0.3, 0.4) is 0 Å².